The maximum absolute atomic E-state index is 14.0. The van der Waals surface area contributed by atoms with Gasteiger partial charge in [0.1, 0.15) is 23.7 Å². The van der Waals surface area contributed by atoms with Gasteiger partial charge in [-0.05, 0) is 59.8 Å². The van der Waals surface area contributed by atoms with Crippen molar-refractivity contribution in [2.24, 2.45) is 11.8 Å². The predicted octanol–water partition coefficient (Wildman–Crippen LogP) is 5.35. The molecule has 8 rings (SSSR count). The van der Waals surface area contributed by atoms with Gasteiger partial charge in [0.15, 0.2) is 5.79 Å². The molecule has 0 bridgehead atoms. The van der Waals surface area contributed by atoms with Crippen molar-refractivity contribution in [2.45, 2.75) is 75.9 Å². The fourth-order valence-corrected chi connectivity index (χ4v) is 9.00. The molecule has 4 atom stereocenters. The maximum Gasteiger partial charge on any atom is 0.407 e. The molecule has 4 aliphatic rings. The highest BCUT2D eigenvalue weighted by Gasteiger charge is 2.53. The van der Waals surface area contributed by atoms with E-state index in [-0.39, 0.29) is 36.2 Å². The summed E-state index contributed by atoms with van der Waals surface area (Å²) in [5.41, 5.74) is 5.59. The number of hydrogen-bond donors (Lipinski definition) is 4. The largest absolute Gasteiger partial charge is 0.453 e. The Kier molecular flexibility index (Phi) is 12.4. The number of imidazole rings is 2. The number of carbonyl (C=O) groups excluding carboxylic acids is 4. The summed E-state index contributed by atoms with van der Waals surface area (Å²) in [4.78, 5) is 72.2. The van der Waals surface area contributed by atoms with Crippen LogP contribution in [0, 0.1) is 11.8 Å². The number of ether oxygens (including phenoxy) is 5. The molecular weight excluding hydrogens is 785 g/mol. The van der Waals surface area contributed by atoms with Crippen LogP contribution in [0.4, 0.5) is 9.59 Å². The van der Waals surface area contributed by atoms with Crippen molar-refractivity contribution in [3.05, 3.63) is 72.6 Å². The smallest absolute Gasteiger partial charge is 0.407 e. The number of H-pyrrole nitrogens is 2. The van der Waals surface area contributed by atoms with E-state index in [1.165, 1.54) is 14.2 Å². The van der Waals surface area contributed by atoms with Gasteiger partial charge < -0.3 is 54.1 Å². The van der Waals surface area contributed by atoms with E-state index in [2.05, 4.69) is 44.9 Å². The van der Waals surface area contributed by atoms with Crippen LogP contribution in [0.1, 0.15) is 69.7 Å². The molecule has 4 amide bonds. The van der Waals surface area contributed by atoms with Crippen LogP contribution in [0.15, 0.2) is 60.9 Å². The van der Waals surface area contributed by atoms with E-state index < -0.39 is 36.1 Å². The number of hydrogen-bond acceptors (Lipinski definition) is 11. The monoisotopic (exact) mass is 838 g/mol. The van der Waals surface area contributed by atoms with E-state index in [0.29, 0.717) is 63.9 Å². The number of nitrogens with one attached hydrogen (secondary N) is 4. The number of likely N-dealkylation sites (tertiary alicyclic amines) is 2. The van der Waals surface area contributed by atoms with Gasteiger partial charge in [0.05, 0.1) is 69.8 Å². The molecule has 6 heterocycles. The molecule has 324 valence electrons. The van der Waals surface area contributed by atoms with Crippen molar-refractivity contribution in [3.63, 3.8) is 0 Å². The van der Waals surface area contributed by atoms with Crippen molar-refractivity contribution in [1.82, 2.24) is 40.4 Å². The lowest BCUT2D eigenvalue weighted by Gasteiger charge is -2.34. The fraction of sp³-hybridized carbons (Fsp3) is 0.500. The molecular formula is C44H54N8O9. The minimum absolute atomic E-state index is 0.0348. The lowest BCUT2D eigenvalue weighted by atomic mass is 9.90. The molecule has 61 heavy (non-hydrogen) atoms. The first-order valence-corrected chi connectivity index (χ1v) is 21.0. The molecule has 4 aliphatic heterocycles. The molecule has 4 fully saturated rings. The molecule has 2 unspecified atom stereocenters. The third kappa shape index (κ3) is 8.85. The number of aromatic nitrogens is 4. The van der Waals surface area contributed by atoms with Crippen LogP contribution in [-0.2, 0) is 33.3 Å². The summed E-state index contributed by atoms with van der Waals surface area (Å²) < 4.78 is 27.2. The van der Waals surface area contributed by atoms with Crippen molar-refractivity contribution >= 4 is 24.0 Å². The molecule has 4 N–H and O–H groups in total. The van der Waals surface area contributed by atoms with E-state index >= 15 is 0 Å². The van der Waals surface area contributed by atoms with Gasteiger partial charge in [-0.1, -0.05) is 62.4 Å². The highest BCUT2D eigenvalue weighted by atomic mass is 16.7. The number of benzene rings is 2. The Balaban J connectivity index is 0.939. The first-order chi connectivity index (χ1) is 29.6. The van der Waals surface area contributed by atoms with Gasteiger partial charge in [0.25, 0.3) is 0 Å². The number of rotatable bonds is 11. The number of carbonyl (C=O) groups is 4. The molecule has 17 nitrogen and oxygen atoms in total. The van der Waals surface area contributed by atoms with Gasteiger partial charge in [-0.15, -0.1) is 0 Å². The number of nitrogens with zero attached hydrogens (tertiary/aromatic N) is 4. The molecule has 0 aliphatic carbocycles. The molecule has 2 aromatic heterocycles. The summed E-state index contributed by atoms with van der Waals surface area (Å²) in [6.07, 6.45) is 5.65. The topological polar surface area (TPSA) is 202 Å². The number of methoxy groups -OCH3 is 2. The van der Waals surface area contributed by atoms with E-state index in [4.69, 9.17) is 33.7 Å². The molecule has 17 heteroatoms. The van der Waals surface area contributed by atoms with Crippen molar-refractivity contribution < 1.29 is 42.9 Å². The van der Waals surface area contributed by atoms with Crippen LogP contribution in [0.2, 0.25) is 0 Å². The van der Waals surface area contributed by atoms with Gasteiger partial charge in [0, 0.05) is 26.2 Å². The number of amides is 4. The summed E-state index contributed by atoms with van der Waals surface area (Å²) in [6.45, 7) is 6.51. The van der Waals surface area contributed by atoms with Gasteiger partial charge in [0.2, 0.25) is 11.8 Å². The van der Waals surface area contributed by atoms with Crippen molar-refractivity contribution in [1.29, 1.82) is 0 Å². The van der Waals surface area contributed by atoms with Crippen LogP contribution in [-0.4, -0.2) is 125 Å². The average Bonchev–Trinajstić information content (AvgIpc) is 4.15. The Morgan fingerprint density at radius 2 is 1.26 bits per heavy atom. The zero-order chi connectivity index (χ0) is 42.7. The van der Waals surface area contributed by atoms with Crippen LogP contribution in [0.5, 0.6) is 0 Å². The van der Waals surface area contributed by atoms with Gasteiger partial charge >= 0.3 is 12.2 Å². The Morgan fingerprint density at radius 3 is 1.82 bits per heavy atom. The molecule has 4 aromatic rings. The number of alkyl carbamates (subject to hydrolysis) is 2. The van der Waals surface area contributed by atoms with Crippen LogP contribution < -0.4 is 10.6 Å². The molecule has 0 saturated carbocycles. The first kappa shape index (κ1) is 41.9. The van der Waals surface area contributed by atoms with E-state index in [1.54, 1.807) is 17.3 Å². The number of aromatic amines is 2. The Hall–Kier alpha value is -5.78. The van der Waals surface area contributed by atoms with E-state index in [1.807, 2.05) is 43.0 Å². The SMILES string of the molecule is COC(=O)NC(C(=O)N1CCCC1c1ncc(-c2ccc(-c3ccc(-c4cnc([C@@H]5CC6(CN5C(=O)[C@@H](NC(=O)OC)C(C)C)OCCO6)[nH]4)cc3)cc2)[nH]1)C1CCOCC1. The molecule has 1 spiro atoms. The Labute approximate surface area is 354 Å². The summed E-state index contributed by atoms with van der Waals surface area (Å²) in [5, 5.41) is 5.50. The van der Waals surface area contributed by atoms with Crippen molar-refractivity contribution in [2.75, 3.05) is 53.7 Å². The average molecular weight is 839 g/mol. The lowest BCUT2D eigenvalue weighted by Crippen LogP contribution is -2.53. The maximum atomic E-state index is 14.0. The quantitative estimate of drug-likeness (QED) is 0.152. The van der Waals surface area contributed by atoms with E-state index in [0.717, 1.165) is 46.5 Å². The molecule has 2 aromatic carbocycles. The van der Waals surface area contributed by atoms with Gasteiger partial charge in [-0.3, -0.25) is 9.59 Å². The summed E-state index contributed by atoms with van der Waals surface area (Å²) in [7, 11) is 2.57. The minimum Gasteiger partial charge on any atom is -0.453 e. The second kappa shape index (κ2) is 18.1. The second-order valence-electron chi connectivity index (χ2n) is 16.4. The third-order valence-corrected chi connectivity index (χ3v) is 12.3. The third-order valence-electron chi connectivity index (χ3n) is 12.3. The van der Waals surface area contributed by atoms with Gasteiger partial charge in [-0.2, -0.15) is 0 Å². The second-order valence-corrected chi connectivity index (χ2v) is 16.4. The summed E-state index contributed by atoms with van der Waals surface area (Å²) >= 11 is 0. The highest BCUT2D eigenvalue weighted by molar-refractivity contribution is 5.87. The molecule has 4 saturated heterocycles. The van der Waals surface area contributed by atoms with Crippen LogP contribution in [0.3, 0.4) is 0 Å². The van der Waals surface area contributed by atoms with Gasteiger partial charge in [-0.25, -0.2) is 19.6 Å². The predicted molar refractivity (Wildman–Crippen MR) is 221 cm³/mol. The zero-order valence-electron chi connectivity index (χ0n) is 35.0. The first-order valence-electron chi connectivity index (χ1n) is 21.0. The van der Waals surface area contributed by atoms with E-state index in [9.17, 15) is 19.2 Å². The molecule has 0 radical (unpaired) electrons. The zero-order valence-corrected chi connectivity index (χ0v) is 35.0. The Bertz CT molecular complexity index is 2180. The fourth-order valence-electron chi connectivity index (χ4n) is 9.00. The van der Waals surface area contributed by atoms with Crippen LogP contribution >= 0.6 is 0 Å². The standard InChI is InChI=1S/C44H54N8O9/c1-26(2)36(49-42(55)57-3)40(53)52-25-44(60-20-21-61-44)22-35(52)39-46-24-33(48-39)30-13-9-28(10-14-30)27-7-11-29(12-8-27)32-23-45-38(47-32)34-6-5-17-51(34)41(54)37(50-43(56)58-4)31-15-18-59-19-16-31/h7-14,23-24,26,31,34-37H,5-6,15-22,25H2,1-4H3,(H,45,47)(H,46,48)(H,49,55)(H,50,56)/t34?,35-,36-,37?/m0/s1. The normalized spacial score (nSPS) is 21.1. The lowest BCUT2D eigenvalue weighted by molar-refractivity contribution is -0.153. The highest BCUT2D eigenvalue weighted by Crippen LogP contribution is 2.43. The van der Waals surface area contributed by atoms with Crippen molar-refractivity contribution in [3.8, 4) is 33.6 Å². The summed E-state index contributed by atoms with van der Waals surface area (Å²) in [6, 6.07) is 14.2. The Morgan fingerprint density at radius 1 is 0.721 bits per heavy atom. The minimum atomic E-state index is -0.936. The summed E-state index contributed by atoms with van der Waals surface area (Å²) in [5.74, 6) is -0.233. The van der Waals surface area contributed by atoms with Crippen LogP contribution in [0.25, 0.3) is 33.6 Å².